The zero-order valence-electron chi connectivity index (χ0n) is 36.0. The summed E-state index contributed by atoms with van der Waals surface area (Å²) in [6, 6.07) is 27.0. The van der Waals surface area contributed by atoms with Gasteiger partial charge < -0.3 is 20.5 Å². The number of carbonyl (C=O) groups excluding carboxylic acids is 2. The van der Waals surface area contributed by atoms with Gasteiger partial charge in [0, 0.05) is 51.5 Å². The van der Waals surface area contributed by atoms with E-state index in [1.54, 1.807) is 0 Å². The maximum absolute atomic E-state index is 12.8. The molecule has 2 aromatic heterocycles. The van der Waals surface area contributed by atoms with Gasteiger partial charge in [-0.2, -0.15) is 0 Å². The van der Waals surface area contributed by atoms with Crippen LogP contribution in [0.25, 0.3) is 22.5 Å². The van der Waals surface area contributed by atoms with E-state index in [0.717, 1.165) is 22.3 Å². The van der Waals surface area contributed by atoms with Gasteiger partial charge in [0.15, 0.2) is 42.9 Å². The number of nitrogen functional groups attached to an aromatic ring is 2. The molecule has 4 aromatic carbocycles. The zero-order valence-corrected chi connectivity index (χ0v) is 39.4. The number of carbonyl (C=O) groups is 2. The molecule has 1 unspecified atom stereocenters. The maximum Gasteiger partial charge on any atom is 0.214 e. The minimum absolute atomic E-state index is 0.00787. The van der Waals surface area contributed by atoms with Crippen LogP contribution in [0.1, 0.15) is 43.2 Å². The summed E-state index contributed by atoms with van der Waals surface area (Å²) >= 11 is 0. The first-order valence-corrected chi connectivity index (χ1v) is 27.2. The van der Waals surface area contributed by atoms with Crippen molar-refractivity contribution in [2.45, 2.75) is 36.5 Å². The van der Waals surface area contributed by atoms with Crippen molar-refractivity contribution >= 4 is 57.6 Å². The van der Waals surface area contributed by atoms with Gasteiger partial charge in [-0.15, -0.1) is 0 Å². The second kappa shape index (κ2) is 20.4. The number of hydrogen-bond donors (Lipinski definition) is 2. The summed E-state index contributed by atoms with van der Waals surface area (Å²) in [5.74, 6) is -0.610. The summed E-state index contributed by atoms with van der Waals surface area (Å²) in [6.45, 7) is 6.49. The molecule has 2 heterocycles. The van der Waals surface area contributed by atoms with E-state index in [1.807, 2.05) is 62.4 Å². The number of aromatic nitrogens is 4. The minimum Gasteiger partial charge on any atom is -0.382 e. The Kier molecular flexibility index (Phi) is 15.7. The van der Waals surface area contributed by atoms with Crippen LogP contribution in [-0.2, 0) is 50.7 Å². The summed E-state index contributed by atoms with van der Waals surface area (Å²) in [5.41, 5.74) is 16.8. The average molecular weight is 947 g/mol. The van der Waals surface area contributed by atoms with E-state index in [0.29, 0.717) is 22.5 Å². The molecule has 0 bridgehead atoms. The topological polar surface area (TPSA) is 259 Å². The molecule has 0 saturated heterocycles. The Morgan fingerprint density at radius 1 is 0.547 bits per heavy atom. The van der Waals surface area contributed by atoms with Crippen molar-refractivity contribution in [2.75, 3.05) is 50.0 Å². The van der Waals surface area contributed by atoms with Crippen molar-refractivity contribution in [3.05, 3.63) is 143 Å². The SMILES string of the molecule is COP(C)(=O)CS(=O)(=O)c1ccc(CC(=O)c2nc(-c3ccc(C)cc3)cnc2N)cc1.CO[P@](C)(=O)CS(=O)(=O)c1ccc(CC(=O)c2nc(-c3ccc(C)cc3)cnc2N)cc1. The van der Waals surface area contributed by atoms with Crippen molar-refractivity contribution < 1.29 is 44.6 Å². The van der Waals surface area contributed by atoms with Crippen LogP contribution in [0, 0.1) is 13.8 Å². The first kappa shape index (κ1) is 49.3. The normalized spacial score (nSPS) is 13.5. The Balaban J connectivity index is 0.000000241. The number of nitrogens with zero attached hydrogens (tertiary/aromatic N) is 4. The lowest BCUT2D eigenvalue weighted by atomic mass is 10.1. The average Bonchev–Trinajstić information content (AvgIpc) is 3.24. The molecule has 20 heteroatoms. The van der Waals surface area contributed by atoms with Crippen LogP contribution >= 0.6 is 14.7 Å². The number of benzene rings is 4. The summed E-state index contributed by atoms with van der Waals surface area (Å²) < 4.78 is 83.5. The van der Waals surface area contributed by atoms with Gasteiger partial charge in [-0.05, 0) is 49.2 Å². The molecule has 0 aliphatic carbocycles. The fourth-order valence-electron chi connectivity index (χ4n) is 5.97. The summed E-state index contributed by atoms with van der Waals surface area (Å²) in [4.78, 5) is 42.7. The monoisotopic (exact) mass is 946 g/mol. The molecule has 4 N–H and O–H groups in total. The van der Waals surface area contributed by atoms with Gasteiger partial charge in [-0.25, -0.2) is 36.8 Å². The molecule has 2 atom stereocenters. The van der Waals surface area contributed by atoms with Gasteiger partial charge in [0.05, 0.1) is 33.6 Å². The van der Waals surface area contributed by atoms with E-state index in [-0.39, 0.29) is 57.2 Å². The van der Waals surface area contributed by atoms with Crippen LogP contribution in [0.2, 0.25) is 0 Å². The third-order valence-electron chi connectivity index (χ3n) is 9.70. The second-order valence-corrected chi connectivity index (χ2v) is 25.3. The third-order valence-corrected chi connectivity index (χ3v) is 19.7. The first-order chi connectivity index (χ1) is 30.0. The number of hydrogen-bond acceptors (Lipinski definition) is 16. The van der Waals surface area contributed by atoms with Crippen LogP contribution in [0.5, 0.6) is 0 Å². The fourth-order valence-corrected chi connectivity index (χ4v) is 14.1. The first-order valence-electron chi connectivity index (χ1n) is 19.3. The van der Waals surface area contributed by atoms with Gasteiger partial charge in [-0.3, -0.25) is 18.7 Å². The minimum atomic E-state index is -3.79. The quantitative estimate of drug-likeness (QED) is 0.0703. The summed E-state index contributed by atoms with van der Waals surface area (Å²) in [6.07, 6.45) is 2.98. The maximum atomic E-state index is 12.8. The van der Waals surface area contributed by atoms with Gasteiger partial charge >= 0.3 is 0 Å². The van der Waals surface area contributed by atoms with Crippen LogP contribution < -0.4 is 11.5 Å². The van der Waals surface area contributed by atoms with Crippen molar-refractivity contribution in [3.63, 3.8) is 0 Å². The Morgan fingerprint density at radius 3 is 1.16 bits per heavy atom. The molecule has 0 aliphatic heterocycles. The summed E-state index contributed by atoms with van der Waals surface area (Å²) in [5, 5.41) is 0. The Morgan fingerprint density at radius 2 is 0.859 bits per heavy atom. The number of aryl methyl sites for hydroxylation is 2. The molecule has 0 radical (unpaired) electrons. The van der Waals surface area contributed by atoms with Crippen molar-refractivity contribution in [3.8, 4) is 22.5 Å². The second-order valence-electron chi connectivity index (χ2n) is 15.1. The van der Waals surface area contributed by atoms with Crippen molar-refractivity contribution in [2.24, 2.45) is 0 Å². The van der Waals surface area contributed by atoms with Crippen molar-refractivity contribution in [1.29, 1.82) is 0 Å². The highest BCUT2D eigenvalue weighted by Crippen LogP contribution is 2.45. The molecule has 6 rings (SSSR count). The molecule has 0 spiro atoms. The smallest absolute Gasteiger partial charge is 0.214 e. The largest absolute Gasteiger partial charge is 0.382 e. The lowest BCUT2D eigenvalue weighted by Gasteiger charge is -2.11. The third kappa shape index (κ3) is 13.2. The molecule has 64 heavy (non-hydrogen) atoms. The van der Waals surface area contributed by atoms with Crippen LogP contribution in [-0.4, -0.2) is 86.9 Å². The highest BCUT2D eigenvalue weighted by Gasteiger charge is 2.28. The Bertz CT molecular complexity index is 2780. The molecule has 0 fully saturated rings. The predicted octanol–water partition coefficient (Wildman–Crippen LogP) is 7.49. The number of ketones is 2. The number of Topliss-reactive ketones (excluding diaryl/α,β-unsaturated/α-hetero) is 2. The van der Waals surface area contributed by atoms with Crippen molar-refractivity contribution in [1.82, 2.24) is 19.9 Å². The zero-order chi connectivity index (χ0) is 47.0. The van der Waals surface area contributed by atoms with Crippen LogP contribution in [0.15, 0.2) is 119 Å². The van der Waals surface area contributed by atoms with Crippen LogP contribution in [0.4, 0.5) is 11.6 Å². The van der Waals surface area contributed by atoms with Gasteiger partial charge in [-0.1, -0.05) is 83.9 Å². The van der Waals surface area contributed by atoms with E-state index >= 15 is 0 Å². The van der Waals surface area contributed by atoms with E-state index in [2.05, 4.69) is 19.9 Å². The van der Waals surface area contributed by atoms with E-state index < -0.39 is 45.4 Å². The Hall–Kier alpha value is -5.74. The lowest BCUT2D eigenvalue weighted by Crippen LogP contribution is -2.12. The molecule has 16 nitrogen and oxygen atoms in total. The van der Waals surface area contributed by atoms with E-state index in [4.69, 9.17) is 20.5 Å². The molecular formula is C44H48N6O10P2S2. The molecule has 0 amide bonds. The van der Waals surface area contributed by atoms with Crippen LogP contribution in [0.3, 0.4) is 0 Å². The number of nitrogens with two attached hydrogens (primary N) is 2. The highest BCUT2D eigenvalue weighted by atomic mass is 32.2. The lowest BCUT2D eigenvalue weighted by molar-refractivity contribution is 0.0980. The van der Waals surface area contributed by atoms with Gasteiger partial charge in [0.25, 0.3) is 0 Å². The number of rotatable bonds is 16. The molecule has 336 valence electrons. The number of sulfone groups is 2. The Labute approximate surface area is 372 Å². The molecule has 0 saturated carbocycles. The molecular weight excluding hydrogens is 899 g/mol. The standard InChI is InChI=1S/2C22H24N3O5PS/c2*1-15-4-8-17(9-5-15)19-13-24-22(23)21(25-19)20(26)12-16-6-10-18(11-7-16)32(28,29)14-31(3,27)30-2/h2*4-11,13H,12,14H2,1-3H3,(H2,23,24)/t31-;/m0./s1. The van der Waals surface area contributed by atoms with Gasteiger partial charge in [0.2, 0.25) is 14.7 Å². The van der Waals surface area contributed by atoms with E-state index in [1.165, 1.54) is 88.5 Å². The fraction of sp³-hybridized carbons (Fsp3) is 0.227. The number of anilines is 2. The summed E-state index contributed by atoms with van der Waals surface area (Å²) in [7, 11) is -11.6. The van der Waals surface area contributed by atoms with E-state index in [9.17, 15) is 35.6 Å². The molecule has 6 aromatic rings. The highest BCUT2D eigenvalue weighted by molar-refractivity contribution is 7.98. The molecule has 0 aliphatic rings. The van der Waals surface area contributed by atoms with Gasteiger partial charge in [0.1, 0.15) is 22.4 Å². The predicted molar refractivity (Wildman–Crippen MR) is 247 cm³/mol.